The fourth-order valence-electron chi connectivity index (χ4n) is 3.77. The summed E-state index contributed by atoms with van der Waals surface area (Å²) in [6.45, 7) is 3.71. The number of rotatable bonds is 5. The summed E-state index contributed by atoms with van der Waals surface area (Å²) in [5.74, 6) is -0.902. The summed E-state index contributed by atoms with van der Waals surface area (Å²) >= 11 is 0. The highest BCUT2D eigenvalue weighted by Gasteiger charge is 2.29. The number of aromatic carboxylic acids is 1. The molecule has 3 aromatic rings. The molecule has 1 aliphatic rings. The Bertz CT molecular complexity index is 1160. The fourth-order valence-corrected chi connectivity index (χ4v) is 3.77. The number of pyridine rings is 2. The molecule has 0 aliphatic heterocycles. The maximum Gasteiger partial charge on any atom is 0.341 e. The van der Waals surface area contributed by atoms with Gasteiger partial charge in [-0.25, -0.2) is 4.79 Å². The highest BCUT2D eigenvalue weighted by Crippen LogP contribution is 2.43. The van der Waals surface area contributed by atoms with Crippen molar-refractivity contribution in [3.05, 3.63) is 80.1 Å². The molecule has 2 aromatic heterocycles. The topological polar surface area (TPSA) is 88.2 Å². The normalized spacial score (nSPS) is 14.8. The van der Waals surface area contributed by atoms with Gasteiger partial charge < -0.3 is 5.11 Å². The molecule has 6 heteroatoms. The molecule has 6 nitrogen and oxygen atoms in total. The van der Waals surface area contributed by atoms with Gasteiger partial charge in [-0.2, -0.15) is 4.91 Å². The molecule has 0 bridgehead atoms. The Balaban J connectivity index is 1.93. The first-order valence-electron chi connectivity index (χ1n) is 9.27. The summed E-state index contributed by atoms with van der Waals surface area (Å²) in [6.07, 6.45) is 3.66. The minimum absolute atomic E-state index is 0.189. The number of fused-ring (bicyclic) bond motifs is 1. The number of carboxylic acids is 1. The van der Waals surface area contributed by atoms with E-state index in [-0.39, 0.29) is 5.56 Å². The lowest BCUT2D eigenvalue weighted by atomic mass is 9.95. The van der Waals surface area contributed by atoms with Crippen LogP contribution in [0.1, 0.15) is 58.8 Å². The monoisotopic (exact) mass is 376 g/mol. The molecule has 1 N–H and O–H groups in total. The molecule has 0 radical (unpaired) electrons. The van der Waals surface area contributed by atoms with Gasteiger partial charge in [0.15, 0.2) is 0 Å². The average molecular weight is 376 g/mol. The second-order valence-electron chi connectivity index (χ2n) is 7.37. The Kier molecular flexibility index (Phi) is 4.34. The lowest BCUT2D eigenvalue weighted by molar-refractivity contribution is 0.0694. The predicted octanol–water partition coefficient (Wildman–Crippen LogP) is 4.68. The molecule has 1 atom stereocenters. The van der Waals surface area contributed by atoms with Crippen LogP contribution in [0.25, 0.3) is 16.6 Å². The number of aromatic nitrogens is 1. The van der Waals surface area contributed by atoms with Gasteiger partial charge in [0.05, 0.1) is 5.52 Å². The first kappa shape index (κ1) is 18.1. The number of aryl methyl sites for hydroxylation is 1. The van der Waals surface area contributed by atoms with Crippen LogP contribution in [-0.4, -0.2) is 15.5 Å². The lowest BCUT2D eigenvalue weighted by Crippen LogP contribution is -2.23. The zero-order valence-electron chi connectivity index (χ0n) is 15.7. The third-order valence-electron chi connectivity index (χ3n) is 5.52. The minimum Gasteiger partial charge on any atom is -0.477 e. The number of nitrogens with zero attached hydrogens (tertiary/aromatic N) is 2. The summed E-state index contributed by atoms with van der Waals surface area (Å²) in [5, 5.41) is 12.5. The van der Waals surface area contributed by atoms with E-state index in [0.29, 0.717) is 5.92 Å². The van der Waals surface area contributed by atoms with E-state index >= 15 is 0 Å². The first-order valence-corrected chi connectivity index (χ1v) is 9.27. The molecule has 1 saturated carbocycles. The quantitative estimate of drug-likeness (QED) is 0.655. The maximum atomic E-state index is 12.7. The molecule has 1 unspecified atom stereocenters. The van der Waals surface area contributed by atoms with Crippen molar-refractivity contribution in [1.29, 1.82) is 0 Å². The molecule has 0 spiro atoms. The zero-order valence-corrected chi connectivity index (χ0v) is 15.7. The van der Waals surface area contributed by atoms with Crippen LogP contribution in [-0.2, 0) is 0 Å². The average Bonchev–Trinajstić information content (AvgIpc) is 3.53. The van der Waals surface area contributed by atoms with E-state index in [9.17, 15) is 19.6 Å². The Morgan fingerprint density at radius 1 is 1.21 bits per heavy atom. The Labute approximate surface area is 161 Å². The summed E-state index contributed by atoms with van der Waals surface area (Å²) in [6, 6.07) is 10.6. The number of nitroso groups, excluding NO2 is 1. The molecular weight excluding hydrogens is 356 g/mol. The van der Waals surface area contributed by atoms with Crippen molar-refractivity contribution in [2.75, 3.05) is 0 Å². The second kappa shape index (κ2) is 6.71. The van der Waals surface area contributed by atoms with Crippen LogP contribution < -0.4 is 5.56 Å². The molecule has 1 fully saturated rings. The standard InChI is InChI=1S/C22H20N2O4/c1-12-17(15-5-3-14(4-6-15)13(2)23-28)9-10-24-20(12)18(16-7-8-16)11-19(21(24)25)22(26)27/h3-6,9-11,13,16H,7-8H2,1-2H3,(H,26,27). The molecular formula is C22H20N2O4. The van der Waals surface area contributed by atoms with E-state index in [1.54, 1.807) is 19.2 Å². The van der Waals surface area contributed by atoms with Crippen LogP contribution >= 0.6 is 0 Å². The second-order valence-corrected chi connectivity index (χ2v) is 7.37. The van der Waals surface area contributed by atoms with Gasteiger partial charge >= 0.3 is 5.97 Å². The molecule has 28 heavy (non-hydrogen) atoms. The fraction of sp³-hybridized carbons (Fsp3) is 0.273. The molecule has 1 aliphatic carbocycles. The summed E-state index contributed by atoms with van der Waals surface area (Å²) in [7, 11) is 0. The van der Waals surface area contributed by atoms with Gasteiger partial charge in [0.2, 0.25) is 0 Å². The third kappa shape index (κ3) is 2.91. The van der Waals surface area contributed by atoms with E-state index in [1.165, 1.54) is 4.40 Å². The van der Waals surface area contributed by atoms with Gasteiger partial charge in [-0.1, -0.05) is 29.4 Å². The Hall–Kier alpha value is -3.28. The van der Waals surface area contributed by atoms with E-state index < -0.39 is 17.6 Å². The van der Waals surface area contributed by atoms with Gasteiger partial charge in [-0.05, 0) is 72.6 Å². The van der Waals surface area contributed by atoms with Crippen LogP contribution in [0.4, 0.5) is 0 Å². The number of carboxylic acid groups (broad SMARTS) is 1. The Morgan fingerprint density at radius 2 is 1.89 bits per heavy atom. The van der Waals surface area contributed by atoms with Crippen LogP contribution in [0.15, 0.2) is 52.6 Å². The molecule has 0 amide bonds. The van der Waals surface area contributed by atoms with Gasteiger partial charge in [0, 0.05) is 6.20 Å². The van der Waals surface area contributed by atoms with Gasteiger partial charge in [0.1, 0.15) is 11.6 Å². The number of carbonyl (C=O) groups is 1. The molecule has 1 aromatic carbocycles. The maximum absolute atomic E-state index is 12.7. The molecule has 142 valence electrons. The molecule has 2 heterocycles. The predicted molar refractivity (Wildman–Crippen MR) is 107 cm³/mol. The zero-order chi connectivity index (χ0) is 20.0. The highest BCUT2D eigenvalue weighted by atomic mass is 16.4. The van der Waals surface area contributed by atoms with Gasteiger partial charge in [-0.15, -0.1) is 0 Å². The summed E-state index contributed by atoms with van der Waals surface area (Å²) in [5.41, 5.74) is 4.75. The van der Waals surface area contributed by atoms with Gasteiger partial charge in [-0.3, -0.25) is 9.20 Å². The van der Waals surface area contributed by atoms with Crippen LogP contribution in [0.3, 0.4) is 0 Å². The van der Waals surface area contributed by atoms with Crippen molar-refractivity contribution in [1.82, 2.24) is 4.40 Å². The minimum atomic E-state index is -1.20. The summed E-state index contributed by atoms with van der Waals surface area (Å²) < 4.78 is 1.46. The van der Waals surface area contributed by atoms with Crippen LogP contribution in [0.2, 0.25) is 0 Å². The largest absolute Gasteiger partial charge is 0.477 e. The SMILES string of the molecule is Cc1c(-c2ccc(C(C)N=O)cc2)ccn2c(=O)c(C(=O)O)cc(C3CC3)c12. The number of hydrogen-bond acceptors (Lipinski definition) is 4. The van der Waals surface area contributed by atoms with Crippen LogP contribution in [0.5, 0.6) is 0 Å². The lowest BCUT2D eigenvalue weighted by Gasteiger charge is -2.15. The number of benzene rings is 1. The van der Waals surface area contributed by atoms with Crippen LogP contribution in [0, 0.1) is 11.8 Å². The van der Waals surface area contributed by atoms with Crippen molar-refractivity contribution in [3.8, 4) is 11.1 Å². The van der Waals surface area contributed by atoms with Crippen molar-refractivity contribution in [2.45, 2.75) is 38.6 Å². The van der Waals surface area contributed by atoms with E-state index in [0.717, 1.165) is 46.2 Å². The number of hydrogen-bond donors (Lipinski definition) is 1. The van der Waals surface area contributed by atoms with E-state index in [1.807, 2.05) is 37.3 Å². The third-order valence-corrected chi connectivity index (χ3v) is 5.52. The molecule has 0 saturated heterocycles. The van der Waals surface area contributed by atoms with E-state index in [4.69, 9.17) is 0 Å². The van der Waals surface area contributed by atoms with Crippen molar-refractivity contribution >= 4 is 11.5 Å². The van der Waals surface area contributed by atoms with Gasteiger partial charge in [0.25, 0.3) is 5.56 Å². The van der Waals surface area contributed by atoms with Crippen molar-refractivity contribution in [3.63, 3.8) is 0 Å². The van der Waals surface area contributed by atoms with Crippen molar-refractivity contribution in [2.24, 2.45) is 5.18 Å². The van der Waals surface area contributed by atoms with E-state index in [2.05, 4.69) is 5.18 Å². The smallest absolute Gasteiger partial charge is 0.341 e. The van der Waals surface area contributed by atoms with Crippen molar-refractivity contribution < 1.29 is 9.90 Å². The highest BCUT2D eigenvalue weighted by molar-refractivity contribution is 5.89. The Morgan fingerprint density at radius 3 is 2.46 bits per heavy atom. The molecule has 4 rings (SSSR count). The summed E-state index contributed by atoms with van der Waals surface area (Å²) in [4.78, 5) is 34.9. The first-order chi connectivity index (χ1) is 13.4.